The summed E-state index contributed by atoms with van der Waals surface area (Å²) in [5.41, 5.74) is 3.07. The molecule has 0 saturated heterocycles. The van der Waals surface area contributed by atoms with Crippen LogP contribution in [-0.4, -0.2) is 9.67 Å². The van der Waals surface area contributed by atoms with E-state index in [2.05, 4.69) is 0 Å². The summed E-state index contributed by atoms with van der Waals surface area (Å²) in [5.74, 6) is 0.112. The van der Waals surface area contributed by atoms with Crippen LogP contribution in [0.15, 0.2) is 76.3 Å². The van der Waals surface area contributed by atoms with E-state index in [4.69, 9.17) is 16.0 Å². The third-order valence-corrected chi connectivity index (χ3v) is 4.43. The molecule has 2 heterocycles. The molecule has 0 amide bonds. The molecule has 4 nitrogen and oxygen atoms in total. The normalized spacial score (nSPS) is 11.1. The summed E-state index contributed by atoms with van der Waals surface area (Å²) in [6.45, 7) is 0.390. The Hall–Kier alpha value is -2.98. The number of furan rings is 1. The van der Waals surface area contributed by atoms with Crippen molar-refractivity contribution in [3.63, 3.8) is 0 Å². The maximum absolute atomic E-state index is 12.8. The van der Waals surface area contributed by atoms with E-state index in [9.17, 15) is 9.90 Å². The minimum atomic E-state index is -0.149. The summed E-state index contributed by atoms with van der Waals surface area (Å²) < 4.78 is 6.79. The van der Waals surface area contributed by atoms with Crippen molar-refractivity contribution in [1.29, 1.82) is 0 Å². The number of fused-ring (bicyclic) bond motifs is 1. The van der Waals surface area contributed by atoms with Crippen LogP contribution in [0.2, 0.25) is 5.02 Å². The largest absolute Gasteiger partial charge is 0.508 e. The first-order chi connectivity index (χ1) is 12.1. The van der Waals surface area contributed by atoms with Crippen LogP contribution in [0.25, 0.3) is 22.0 Å². The average molecular weight is 352 g/mol. The van der Waals surface area contributed by atoms with Crippen LogP contribution in [0, 0.1) is 0 Å². The van der Waals surface area contributed by atoms with Gasteiger partial charge in [-0.1, -0.05) is 23.7 Å². The van der Waals surface area contributed by atoms with Gasteiger partial charge in [-0.25, -0.2) is 0 Å². The van der Waals surface area contributed by atoms with Crippen LogP contribution in [0.3, 0.4) is 0 Å². The average Bonchev–Trinajstić information content (AvgIpc) is 3.13. The highest BCUT2D eigenvalue weighted by molar-refractivity contribution is 6.30. The van der Waals surface area contributed by atoms with Gasteiger partial charge in [-0.2, -0.15) is 0 Å². The number of aromatic hydroxyl groups is 1. The van der Waals surface area contributed by atoms with Crippen LogP contribution in [0.1, 0.15) is 5.56 Å². The molecule has 0 spiro atoms. The third-order valence-electron chi connectivity index (χ3n) is 4.18. The summed E-state index contributed by atoms with van der Waals surface area (Å²) in [4.78, 5) is 12.8. The van der Waals surface area contributed by atoms with E-state index in [0.717, 1.165) is 22.1 Å². The highest BCUT2D eigenvalue weighted by Gasteiger charge is 2.12. The predicted molar refractivity (Wildman–Crippen MR) is 98.1 cm³/mol. The molecule has 0 saturated carbocycles. The Bertz CT molecular complexity index is 1100. The molecule has 1 N–H and O–H groups in total. The third kappa shape index (κ3) is 2.92. The van der Waals surface area contributed by atoms with Crippen LogP contribution < -0.4 is 5.56 Å². The lowest BCUT2D eigenvalue weighted by molar-refractivity contribution is 0.476. The molecular weight excluding hydrogens is 338 g/mol. The lowest BCUT2D eigenvalue weighted by Crippen LogP contribution is -2.20. The first-order valence-corrected chi connectivity index (χ1v) is 8.13. The van der Waals surface area contributed by atoms with Crippen molar-refractivity contribution in [1.82, 2.24) is 4.57 Å². The molecule has 124 valence electrons. The molecule has 0 atom stereocenters. The summed E-state index contributed by atoms with van der Waals surface area (Å²) in [6.07, 6.45) is 3.17. The standard InChI is InChI=1S/C20H14ClNO3/c21-15-3-1-13(2-4-15)11-22-19-9-16(23)5-6-17(19)18(10-20(22)24)14-7-8-25-12-14/h1-10,12,23H,11H2. The molecule has 4 rings (SSSR count). The van der Waals surface area contributed by atoms with E-state index >= 15 is 0 Å². The lowest BCUT2D eigenvalue weighted by Gasteiger charge is -2.13. The van der Waals surface area contributed by atoms with Crippen molar-refractivity contribution in [3.05, 3.63) is 88.1 Å². The monoisotopic (exact) mass is 351 g/mol. The number of phenols is 1. The fourth-order valence-electron chi connectivity index (χ4n) is 2.96. The number of halogens is 1. The van der Waals surface area contributed by atoms with Crippen molar-refractivity contribution >= 4 is 22.5 Å². The second-order valence-electron chi connectivity index (χ2n) is 5.82. The van der Waals surface area contributed by atoms with Crippen molar-refractivity contribution in [3.8, 4) is 16.9 Å². The Labute approximate surface area is 148 Å². The molecule has 0 radical (unpaired) electrons. The molecule has 0 unspecified atom stereocenters. The van der Waals surface area contributed by atoms with Crippen LogP contribution >= 0.6 is 11.6 Å². The van der Waals surface area contributed by atoms with E-state index < -0.39 is 0 Å². The van der Waals surface area contributed by atoms with Crippen LogP contribution in [0.4, 0.5) is 0 Å². The highest BCUT2D eigenvalue weighted by Crippen LogP contribution is 2.30. The Balaban J connectivity index is 1.94. The number of hydrogen-bond acceptors (Lipinski definition) is 3. The Morgan fingerprint density at radius 1 is 1.04 bits per heavy atom. The molecule has 2 aromatic heterocycles. The Morgan fingerprint density at radius 2 is 1.84 bits per heavy atom. The molecule has 0 fully saturated rings. The molecule has 5 heteroatoms. The SMILES string of the molecule is O=c1cc(-c2ccoc2)c2ccc(O)cc2n1Cc1ccc(Cl)cc1. The number of rotatable bonds is 3. The van der Waals surface area contributed by atoms with Crippen molar-refractivity contribution in [2.75, 3.05) is 0 Å². The van der Waals surface area contributed by atoms with Crippen molar-refractivity contribution < 1.29 is 9.52 Å². The molecule has 2 aromatic carbocycles. The van der Waals surface area contributed by atoms with Gasteiger partial charge in [0.15, 0.2) is 0 Å². The van der Waals surface area contributed by atoms with Gasteiger partial charge in [0, 0.05) is 28.1 Å². The van der Waals surface area contributed by atoms with Crippen molar-refractivity contribution in [2.24, 2.45) is 0 Å². The van der Waals surface area contributed by atoms with Gasteiger partial charge in [0.2, 0.25) is 0 Å². The fourth-order valence-corrected chi connectivity index (χ4v) is 3.09. The van der Waals surface area contributed by atoms with Gasteiger partial charge >= 0.3 is 0 Å². The topological polar surface area (TPSA) is 55.4 Å². The smallest absolute Gasteiger partial charge is 0.251 e. The minimum Gasteiger partial charge on any atom is -0.508 e. The zero-order chi connectivity index (χ0) is 17.4. The first-order valence-electron chi connectivity index (χ1n) is 7.75. The van der Waals surface area contributed by atoms with Gasteiger partial charge < -0.3 is 14.1 Å². The molecule has 0 aliphatic rings. The maximum Gasteiger partial charge on any atom is 0.251 e. The quantitative estimate of drug-likeness (QED) is 0.583. The zero-order valence-electron chi connectivity index (χ0n) is 13.1. The van der Waals surface area contributed by atoms with Gasteiger partial charge in [0.05, 0.1) is 24.6 Å². The number of pyridine rings is 1. The van der Waals surface area contributed by atoms with Gasteiger partial charge in [-0.05, 0) is 41.5 Å². The van der Waals surface area contributed by atoms with E-state index in [1.165, 1.54) is 0 Å². The summed E-state index contributed by atoms with van der Waals surface area (Å²) in [5, 5.41) is 11.4. The summed E-state index contributed by atoms with van der Waals surface area (Å²) in [7, 11) is 0. The molecule has 0 aliphatic heterocycles. The first kappa shape index (κ1) is 15.5. The second kappa shape index (κ2) is 6.15. The van der Waals surface area contributed by atoms with Gasteiger partial charge in [-0.15, -0.1) is 0 Å². The van der Waals surface area contributed by atoms with Gasteiger partial charge in [0.1, 0.15) is 5.75 Å². The van der Waals surface area contributed by atoms with E-state index in [1.54, 1.807) is 47.4 Å². The van der Waals surface area contributed by atoms with Crippen LogP contribution in [0.5, 0.6) is 5.75 Å². The number of aromatic nitrogens is 1. The second-order valence-corrected chi connectivity index (χ2v) is 6.26. The highest BCUT2D eigenvalue weighted by atomic mass is 35.5. The van der Waals surface area contributed by atoms with Crippen molar-refractivity contribution in [2.45, 2.75) is 6.54 Å². The number of nitrogens with zero attached hydrogens (tertiary/aromatic N) is 1. The molecule has 4 aromatic rings. The van der Waals surface area contributed by atoms with Crippen LogP contribution in [-0.2, 0) is 6.54 Å². The summed E-state index contributed by atoms with van der Waals surface area (Å²) in [6, 6.07) is 15.8. The number of benzene rings is 2. The van der Waals surface area contributed by atoms with Gasteiger partial charge in [-0.3, -0.25) is 4.79 Å². The van der Waals surface area contributed by atoms with E-state index in [-0.39, 0.29) is 11.3 Å². The number of hydrogen-bond donors (Lipinski definition) is 1. The van der Waals surface area contributed by atoms with Gasteiger partial charge in [0.25, 0.3) is 5.56 Å². The lowest BCUT2D eigenvalue weighted by atomic mass is 10.0. The zero-order valence-corrected chi connectivity index (χ0v) is 13.9. The molecule has 0 bridgehead atoms. The number of phenolic OH excluding ortho intramolecular Hbond substituents is 1. The van der Waals surface area contributed by atoms with E-state index in [0.29, 0.717) is 17.1 Å². The van der Waals surface area contributed by atoms with E-state index in [1.807, 2.05) is 24.3 Å². The Morgan fingerprint density at radius 3 is 2.56 bits per heavy atom. The molecular formula is C20H14ClNO3. The minimum absolute atomic E-state index is 0.112. The molecule has 25 heavy (non-hydrogen) atoms. The maximum atomic E-state index is 12.8. The fraction of sp³-hybridized carbons (Fsp3) is 0.0500. The predicted octanol–water partition coefficient (Wildman–Crippen LogP) is 4.67. The summed E-state index contributed by atoms with van der Waals surface area (Å²) >= 11 is 5.93. The Kier molecular flexibility index (Phi) is 3.82. The molecule has 0 aliphatic carbocycles.